The second-order valence-electron chi connectivity index (χ2n) is 8.45. The standard InChI is InChI=1S/C21H26N6O8S2/c1-21(2)14(19(29)27(21)35-37(30,31)32)10-16(28)17(15-11-36-20(24)25-15)26-34-9-3-8-33-13-6-4-12(5-7-13)18(22)23/h4-7,11,14H,3,8-10H2,1-2H3,(H3,22,23)(H2,24,25)(H,30,31,32)/b26-17-/t14-/m1/s1. The zero-order chi connectivity index (χ0) is 27.4. The predicted octanol–water partition coefficient (Wildman–Crippen LogP) is 1.13. The van der Waals surface area contributed by atoms with Crippen molar-refractivity contribution < 1.29 is 36.4 Å². The minimum atomic E-state index is -4.91. The number of anilines is 1. The van der Waals surface area contributed by atoms with Gasteiger partial charge in [0.1, 0.15) is 23.9 Å². The predicted molar refractivity (Wildman–Crippen MR) is 133 cm³/mol. The quantitative estimate of drug-likeness (QED) is 0.0686. The number of carbonyl (C=O) groups excluding carboxylic acids is 2. The summed E-state index contributed by atoms with van der Waals surface area (Å²) >= 11 is 1.09. The molecule has 1 aliphatic rings. The number of hydroxylamine groups is 2. The number of benzene rings is 1. The van der Waals surface area contributed by atoms with E-state index in [-0.39, 0.29) is 42.0 Å². The summed E-state index contributed by atoms with van der Waals surface area (Å²) in [6.45, 7) is 3.36. The van der Waals surface area contributed by atoms with Gasteiger partial charge in [0.2, 0.25) is 0 Å². The van der Waals surface area contributed by atoms with Gasteiger partial charge in [-0.15, -0.1) is 15.6 Å². The van der Waals surface area contributed by atoms with Gasteiger partial charge in [0, 0.05) is 23.8 Å². The number of Topliss-reactive ketones (excluding diaryl/α,β-unsaturated/α-hetero) is 1. The van der Waals surface area contributed by atoms with Gasteiger partial charge in [-0.3, -0.25) is 19.6 Å². The van der Waals surface area contributed by atoms with Gasteiger partial charge in [0.25, 0.3) is 5.91 Å². The molecule has 1 saturated heterocycles. The molecular weight excluding hydrogens is 528 g/mol. The zero-order valence-corrected chi connectivity index (χ0v) is 21.5. The Morgan fingerprint density at radius 1 is 1.30 bits per heavy atom. The third-order valence-electron chi connectivity index (χ3n) is 5.43. The normalized spacial score (nSPS) is 17.3. The number of ketones is 1. The number of amidine groups is 1. The summed E-state index contributed by atoms with van der Waals surface area (Å²) in [7, 11) is -4.91. The Bertz CT molecular complexity index is 1310. The first-order valence-corrected chi connectivity index (χ1v) is 13.1. The number of oxime groups is 1. The molecule has 37 heavy (non-hydrogen) atoms. The van der Waals surface area contributed by atoms with Gasteiger partial charge in [-0.2, -0.15) is 13.5 Å². The van der Waals surface area contributed by atoms with Crippen molar-refractivity contribution in [3.63, 3.8) is 0 Å². The third-order valence-corrected chi connectivity index (χ3v) is 6.44. The number of nitrogens with two attached hydrogens (primary N) is 2. The van der Waals surface area contributed by atoms with Crippen LogP contribution in [-0.4, -0.2) is 65.0 Å². The first-order chi connectivity index (χ1) is 17.3. The molecule has 3 rings (SSSR count). The summed E-state index contributed by atoms with van der Waals surface area (Å²) in [5.41, 5.74) is 10.5. The maximum absolute atomic E-state index is 13.0. The minimum absolute atomic E-state index is 0.0426. The molecule has 0 unspecified atom stereocenters. The van der Waals surface area contributed by atoms with Crippen molar-refractivity contribution >= 4 is 50.1 Å². The molecule has 0 saturated carbocycles. The van der Waals surface area contributed by atoms with Gasteiger partial charge in [-0.25, -0.2) is 4.98 Å². The molecule has 0 spiro atoms. The van der Waals surface area contributed by atoms with Crippen molar-refractivity contribution in [1.29, 1.82) is 5.41 Å². The highest BCUT2D eigenvalue weighted by molar-refractivity contribution is 7.80. The molecule has 0 radical (unpaired) electrons. The van der Waals surface area contributed by atoms with Gasteiger partial charge in [0.15, 0.2) is 16.6 Å². The van der Waals surface area contributed by atoms with E-state index in [9.17, 15) is 18.0 Å². The minimum Gasteiger partial charge on any atom is -0.493 e. The van der Waals surface area contributed by atoms with Crippen molar-refractivity contribution in [1.82, 2.24) is 10.0 Å². The zero-order valence-electron chi connectivity index (χ0n) is 19.9. The third kappa shape index (κ3) is 7.00. The van der Waals surface area contributed by atoms with Gasteiger partial charge in [0.05, 0.1) is 18.1 Å². The lowest BCUT2D eigenvalue weighted by Crippen LogP contribution is -2.68. The van der Waals surface area contributed by atoms with Gasteiger partial charge < -0.3 is 21.0 Å². The fourth-order valence-corrected chi connectivity index (χ4v) is 4.44. The Balaban J connectivity index is 1.59. The molecule has 1 fully saturated rings. The maximum atomic E-state index is 13.0. The van der Waals surface area contributed by atoms with Crippen LogP contribution in [0.2, 0.25) is 0 Å². The van der Waals surface area contributed by atoms with Crippen LogP contribution in [0.1, 0.15) is 37.9 Å². The van der Waals surface area contributed by atoms with Crippen molar-refractivity contribution in [3.05, 3.63) is 40.9 Å². The average molecular weight is 555 g/mol. The highest BCUT2D eigenvalue weighted by Gasteiger charge is 2.57. The van der Waals surface area contributed by atoms with Crippen molar-refractivity contribution in [3.8, 4) is 5.75 Å². The number of β-lactam (4-membered cyclic amide) rings is 1. The lowest BCUT2D eigenvalue weighted by molar-refractivity contribution is -0.228. The Kier molecular flexibility index (Phi) is 8.47. The van der Waals surface area contributed by atoms with Crippen LogP contribution in [0.4, 0.5) is 5.13 Å². The number of nitrogens with one attached hydrogen (secondary N) is 1. The van der Waals surface area contributed by atoms with Crippen LogP contribution in [0, 0.1) is 11.3 Å². The molecule has 1 atom stereocenters. The van der Waals surface area contributed by atoms with Crippen LogP contribution >= 0.6 is 11.3 Å². The number of carbonyl (C=O) groups is 2. The lowest BCUT2D eigenvalue weighted by atomic mass is 9.74. The molecule has 1 amide bonds. The van der Waals surface area contributed by atoms with Crippen LogP contribution in [0.5, 0.6) is 5.75 Å². The molecule has 0 aliphatic carbocycles. The topological polar surface area (TPSA) is 221 Å². The summed E-state index contributed by atoms with van der Waals surface area (Å²) < 4.78 is 40.8. The van der Waals surface area contributed by atoms with Crippen molar-refractivity contribution in [2.75, 3.05) is 18.9 Å². The van der Waals surface area contributed by atoms with Gasteiger partial charge in [-0.1, -0.05) is 5.16 Å². The number of rotatable bonds is 13. The summed E-state index contributed by atoms with van der Waals surface area (Å²) in [4.78, 5) is 34.8. The number of amides is 1. The summed E-state index contributed by atoms with van der Waals surface area (Å²) in [6.07, 6.45) is 0.0882. The molecule has 1 aromatic carbocycles. The van der Waals surface area contributed by atoms with E-state index in [0.29, 0.717) is 22.8 Å². The van der Waals surface area contributed by atoms with Crippen LogP contribution in [0.3, 0.4) is 0 Å². The van der Waals surface area contributed by atoms with E-state index in [1.165, 1.54) is 19.2 Å². The van der Waals surface area contributed by atoms with E-state index < -0.39 is 33.5 Å². The molecule has 1 aromatic heterocycles. The van der Waals surface area contributed by atoms with Crippen LogP contribution < -0.4 is 16.2 Å². The smallest absolute Gasteiger partial charge is 0.418 e. The molecule has 2 aromatic rings. The lowest BCUT2D eigenvalue weighted by Gasteiger charge is -2.50. The molecule has 6 N–H and O–H groups in total. The van der Waals surface area contributed by atoms with Crippen LogP contribution in [0.15, 0.2) is 34.8 Å². The first kappa shape index (κ1) is 28.0. The number of ether oxygens (including phenoxy) is 1. The maximum Gasteiger partial charge on any atom is 0.418 e. The van der Waals surface area contributed by atoms with Crippen molar-refractivity contribution in [2.45, 2.75) is 32.2 Å². The number of hydrogen-bond acceptors (Lipinski definition) is 12. The molecule has 14 nitrogen and oxygen atoms in total. The van der Waals surface area contributed by atoms with E-state index in [1.54, 1.807) is 24.3 Å². The fraction of sp³-hybridized carbons (Fsp3) is 0.381. The number of thiazole rings is 1. The first-order valence-electron chi connectivity index (χ1n) is 10.8. The molecular formula is C21H26N6O8S2. The Hall–Kier alpha value is -3.60. The van der Waals surface area contributed by atoms with E-state index >= 15 is 0 Å². The number of hydrogen-bond donors (Lipinski definition) is 4. The Labute approximate surface area is 216 Å². The molecule has 2 heterocycles. The fourth-order valence-electron chi connectivity index (χ4n) is 3.44. The molecule has 0 bridgehead atoms. The van der Waals surface area contributed by atoms with Crippen molar-refractivity contribution in [2.24, 2.45) is 16.8 Å². The molecule has 200 valence electrons. The molecule has 16 heteroatoms. The van der Waals surface area contributed by atoms with Crippen LogP contribution in [0.25, 0.3) is 0 Å². The number of aromatic nitrogens is 1. The number of nitrogens with zero attached hydrogens (tertiary/aromatic N) is 3. The van der Waals surface area contributed by atoms with Crippen LogP contribution in [-0.2, 0) is 29.1 Å². The van der Waals surface area contributed by atoms with E-state index in [2.05, 4.69) is 14.4 Å². The summed E-state index contributed by atoms with van der Waals surface area (Å²) in [5, 5.41) is 13.5. The van der Waals surface area contributed by atoms with E-state index in [1.807, 2.05) is 0 Å². The van der Waals surface area contributed by atoms with E-state index in [0.717, 1.165) is 11.3 Å². The summed E-state index contributed by atoms with van der Waals surface area (Å²) in [5.74, 6) is -1.76. The largest absolute Gasteiger partial charge is 0.493 e. The second-order valence-corrected chi connectivity index (χ2v) is 10.3. The highest BCUT2D eigenvalue weighted by Crippen LogP contribution is 2.40. The molecule has 1 aliphatic heterocycles. The van der Waals surface area contributed by atoms with Gasteiger partial charge >= 0.3 is 10.4 Å². The summed E-state index contributed by atoms with van der Waals surface area (Å²) in [6, 6.07) is 6.70. The Morgan fingerprint density at radius 2 is 1.97 bits per heavy atom. The average Bonchev–Trinajstić information content (AvgIpc) is 3.25. The second kappa shape index (κ2) is 11.2. The SMILES string of the molecule is CC1(C)[C@H](CC(=O)/C(=N\OCCCOc2ccc(C(=N)N)cc2)c2csc(N)n2)C(=O)N1OS(=O)(=O)O. The van der Waals surface area contributed by atoms with E-state index in [4.69, 9.17) is 31.0 Å². The van der Waals surface area contributed by atoms with Gasteiger partial charge in [-0.05, 0) is 38.1 Å². The monoisotopic (exact) mass is 554 g/mol. The number of nitrogen functional groups attached to an aromatic ring is 2. The highest BCUT2D eigenvalue weighted by atomic mass is 32.3. The Morgan fingerprint density at radius 3 is 2.51 bits per heavy atom.